The van der Waals surface area contributed by atoms with E-state index in [2.05, 4.69) is 32.9 Å². The third-order valence-corrected chi connectivity index (χ3v) is 5.21. The van der Waals surface area contributed by atoms with Crippen LogP contribution in [0.4, 0.5) is 0 Å². The van der Waals surface area contributed by atoms with Crippen molar-refractivity contribution >= 4 is 0 Å². The highest BCUT2D eigenvalue weighted by Gasteiger charge is 2.51. The number of rotatable bonds is 1. The summed E-state index contributed by atoms with van der Waals surface area (Å²) in [5.41, 5.74) is 1.62. The maximum Gasteiger partial charge on any atom is 0.165 e. The van der Waals surface area contributed by atoms with Gasteiger partial charge in [0.15, 0.2) is 11.5 Å². The molecule has 104 valence electrons. The van der Waals surface area contributed by atoms with Crippen molar-refractivity contribution < 1.29 is 9.47 Å². The Morgan fingerprint density at radius 1 is 1.21 bits per heavy atom. The Labute approximate surface area is 116 Å². The fraction of sp³-hybridized carbons (Fsp3) is 0.647. The zero-order valence-electron chi connectivity index (χ0n) is 12.5. The normalized spacial score (nSPS) is 31.9. The Morgan fingerprint density at radius 2 is 2.00 bits per heavy atom. The van der Waals surface area contributed by atoms with E-state index in [-0.39, 0.29) is 5.60 Å². The van der Waals surface area contributed by atoms with Crippen molar-refractivity contribution in [3.05, 3.63) is 23.8 Å². The molecule has 0 radical (unpaired) electrons. The van der Waals surface area contributed by atoms with Crippen LogP contribution in [0.1, 0.15) is 45.6 Å². The van der Waals surface area contributed by atoms with Crippen molar-refractivity contribution in [1.82, 2.24) is 0 Å². The van der Waals surface area contributed by atoms with Gasteiger partial charge in [0.1, 0.15) is 5.60 Å². The number of para-hydroxylation sites is 1. The SMILES string of the molecule is COc1cccc2c1OC1(C)CCCC(C)(C)C1C2. The molecular weight excluding hydrogens is 236 g/mol. The number of benzene rings is 1. The summed E-state index contributed by atoms with van der Waals surface area (Å²) in [6.07, 6.45) is 4.81. The molecule has 2 aliphatic rings. The van der Waals surface area contributed by atoms with Crippen LogP contribution in [0.5, 0.6) is 11.5 Å². The van der Waals surface area contributed by atoms with Gasteiger partial charge in [0.2, 0.25) is 0 Å². The monoisotopic (exact) mass is 260 g/mol. The van der Waals surface area contributed by atoms with E-state index < -0.39 is 0 Å². The summed E-state index contributed by atoms with van der Waals surface area (Å²) in [4.78, 5) is 0. The van der Waals surface area contributed by atoms with Crippen LogP contribution in [-0.2, 0) is 6.42 Å². The van der Waals surface area contributed by atoms with E-state index in [1.807, 2.05) is 6.07 Å². The highest BCUT2D eigenvalue weighted by molar-refractivity contribution is 5.49. The van der Waals surface area contributed by atoms with Crippen LogP contribution in [0.3, 0.4) is 0 Å². The van der Waals surface area contributed by atoms with Gasteiger partial charge in [0.25, 0.3) is 0 Å². The smallest absolute Gasteiger partial charge is 0.165 e. The second-order valence-corrected chi connectivity index (χ2v) is 6.96. The molecule has 1 aromatic carbocycles. The van der Waals surface area contributed by atoms with Gasteiger partial charge in [-0.2, -0.15) is 0 Å². The number of methoxy groups -OCH3 is 1. The van der Waals surface area contributed by atoms with E-state index >= 15 is 0 Å². The Kier molecular flexibility index (Phi) is 2.81. The lowest BCUT2D eigenvalue weighted by atomic mass is 9.59. The average Bonchev–Trinajstić information content (AvgIpc) is 2.35. The lowest BCUT2D eigenvalue weighted by Gasteiger charge is -2.53. The molecule has 2 unspecified atom stereocenters. The zero-order chi connectivity index (χ0) is 13.7. The van der Waals surface area contributed by atoms with Gasteiger partial charge in [-0.25, -0.2) is 0 Å². The van der Waals surface area contributed by atoms with Crippen molar-refractivity contribution in [1.29, 1.82) is 0 Å². The molecule has 1 saturated carbocycles. The van der Waals surface area contributed by atoms with E-state index in [0.29, 0.717) is 11.3 Å². The minimum Gasteiger partial charge on any atom is -0.493 e. The number of hydrogen-bond acceptors (Lipinski definition) is 2. The van der Waals surface area contributed by atoms with Gasteiger partial charge in [0.05, 0.1) is 7.11 Å². The van der Waals surface area contributed by atoms with Gasteiger partial charge in [0, 0.05) is 5.92 Å². The Morgan fingerprint density at radius 3 is 2.74 bits per heavy atom. The van der Waals surface area contributed by atoms with Crippen LogP contribution in [0.25, 0.3) is 0 Å². The van der Waals surface area contributed by atoms with E-state index in [4.69, 9.17) is 9.47 Å². The summed E-state index contributed by atoms with van der Waals surface area (Å²) in [7, 11) is 1.72. The van der Waals surface area contributed by atoms with Gasteiger partial charge in [-0.05, 0) is 49.7 Å². The van der Waals surface area contributed by atoms with Crippen molar-refractivity contribution in [2.45, 2.75) is 52.1 Å². The van der Waals surface area contributed by atoms with E-state index in [9.17, 15) is 0 Å². The molecule has 1 aliphatic heterocycles. The maximum atomic E-state index is 6.46. The standard InChI is InChI=1S/C17H24O2/c1-16(2)9-6-10-17(3)14(16)11-12-7-5-8-13(18-4)15(12)19-17/h5,7-8,14H,6,9-11H2,1-4H3. The predicted octanol–water partition coefficient (Wildman–Crippen LogP) is 4.22. The van der Waals surface area contributed by atoms with Crippen molar-refractivity contribution in [2.24, 2.45) is 11.3 Å². The summed E-state index contributed by atoms with van der Waals surface area (Å²) >= 11 is 0. The minimum atomic E-state index is -0.0383. The summed E-state index contributed by atoms with van der Waals surface area (Å²) < 4.78 is 11.9. The highest BCUT2D eigenvalue weighted by Crippen LogP contribution is 2.54. The average molecular weight is 260 g/mol. The number of ether oxygens (including phenoxy) is 2. The van der Waals surface area contributed by atoms with E-state index in [1.165, 1.54) is 18.4 Å². The summed E-state index contributed by atoms with van der Waals surface area (Å²) in [6, 6.07) is 6.25. The summed E-state index contributed by atoms with van der Waals surface area (Å²) in [5.74, 6) is 2.44. The third-order valence-electron chi connectivity index (χ3n) is 5.21. The molecule has 1 aliphatic carbocycles. The molecule has 1 aromatic rings. The number of hydrogen-bond donors (Lipinski definition) is 0. The van der Waals surface area contributed by atoms with Crippen LogP contribution in [-0.4, -0.2) is 12.7 Å². The quantitative estimate of drug-likeness (QED) is 0.753. The molecule has 2 nitrogen and oxygen atoms in total. The lowest BCUT2D eigenvalue weighted by molar-refractivity contribution is -0.0827. The molecule has 1 heterocycles. The molecule has 1 fully saturated rings. The summed E-state index contributed by atoms with van der Waals surface area (Å²) in [5, 5.41) is 0. The number of fused-ring (bicyclic) bond motifs is 2. The molecule has 19 heavy (non-hydrogen) atoms. The third kappa shape index (κ3) is 1.92. The molecule has 0 aromatic heterocycles. The first-order chi connectivity index (χ1) is 8.96. The van der Waals surface area contributed by atoms with Crippen molar-refractivity contribution in [3.8, 4) is 11.5 Å². The second-order valence-electron chi connectivity index (χ2n) is 6.96. The first-order valence-electron chi connectivity index (χ1n) is 7.31. The predicted molar refractivity (Wildman–Crippen MR) is 76.9 cm³/mol. The van der Waals surface area contributed by atoms with Crippen LogP contribution in [0.2, 0.25) is 0 Å². The molecule has 0 amide bonds. The Bertz CT molecular complexity index is 492. The molecule has 0 saturated heterocycles. The van der Waals surface area contributed by atoms with Gasteiger partial charge >= 0.3 is 0 Å². The van der Waals surface area contributed by atoms with E-state index in [0.717, 1.165) is 24.3 Å². The molecular formula is C17H24O2. The molecule has 0 bridgehead atoms. The molecule has 3 rings (SSSR count). The summed E-state index contributed by atoms with van der Waals surface area (Å²) in [6.45, 7) is 7.07. The largest absolute Gasteiger partial charge is 0.493 e. The fourth-order valence-corrected chi connectivity index (χ4v) is 4.14. The van der Waals surface area contributed by atoms with E-state index in [1.54, 1.807) is 7.11 Å². The van der Waals surface area contributed by atoms with Gasteiger partial charge in [-0.1, -0.05) is 26.0 Å². The Balaban J connectivity index is 2.06. The Hall–Kier alpha value is -1.18. The minimum absolute atomic E-state index is 0.0383. The molecule has 2 heteroatoms. The first kappa shape index (κ1) is 12.8. The molecule has 0 N–H and O–H groups in total. The topological polar surface area (TPSA) is 18.5 Å². The van der Waals surface area contributed by atoms with Gasteiger partial charge in [-0.3, -0.25) is 0 Å². The van der Waals surface area contributed by atoms with Crippen LogP contribution in [0.15, 0.2) is 18.2 Å². The van der Waals surface area contributed by atoms with Crippen molar-refractivity contribution in [2.75, 3.05) is 7.11 Å². The second kappa shape index (κ2) is 4.16. The molecule has 0 spiro atoms. The van der Waals surface area contributed by atoms with Crippen LogP contribution < -0.4 is 9.47 Å². The van der Waals surface area contributed by atoms with Crippen molar-refractivity contribution in [3.63, 3.8) is 0 Å². The zero-order valence-corrected chi connectivity index (χ0v) is 12.5. The first-order valence-corrected chi connectivity index (χ1v) is 7.31. The fourth-order valence-electron chi connectivity index (χ4n) is 4.14. The molecule has 2 atom stereocenters. The van der Waals surface area contributed by atoms with Crippen LogP contribution in [0, 0.1) is 11.3 Å². The van der Waals surface area contributed by atoms with Crippen LogP contribution >= 0.6 is 0 Å². The van der Waals surface area contributed by atoms with Gasteiger partial charge < -0.3 is 9.47 Å². The highest BCUT2D eigenvalue weighted by atomic mass is 16.5. The van der Waals surface area contributed by atoms with Gasteiger partial charge in [-0.15, -0.1) is 0 Å². The lowest BCUT2D eigenvalue weighted by Crippen LogP contribution is -2.53. The maximum absolute atomic E-state index is 6.46.